The standard InChI is InChI=1S/C9H14N4O3S/c1-3-13(6(2)4-8(14)15)9(16)11-7-5-10-12-17-7/h5-6H,3-4H2,1-2H3,(H,11,16)(H,14,15). The van der Waals surface area contributed by atoms with Gasteiger partial charge >= 0.3 is 12.0 Å². The third-order valence-electron chi connectivity index (χ3n) is 2.20. The maximum Gasteiger partial charge on any atom is 0.322 e. The summed E-state index contributed by atoms with van der Waals surface area (Å²) in [6.45, 7) is 3.93. The molecule has 0 spiro atoms. The van der Waals surface area contributed by atoms with Crippen molar-refractivity contribution < 1.29 is 14.7 Å². The van der Waals surface area contributed by atoms with Gasteiger partial charge in [0, 0.05) is 24.1 Å². The Labute approximate surface area is 103 Å². The van der Waals surface area contributed by atoms with Crippen LogP contribution in [0.25, 0.3) is 0 Å². The van der Waals surface area contributed by atoms with Crippen molar-refractivity contribution >= 4 is 28.5 Å². The summed E-state index contributed by atoms with van der Waals surface area (Å²) in [7, 11) is 0. The number of nitrogens with zero attached hydrogens (tertiary/aromatic N) is 3. The molecule has 8 heteroatoms. The number of hydrogen-bond donors (Lipinski definition) is 2. The molecule has 0 aliphatic rings. The van der Waals surface area contributed by atoms with E-state index in [-0.39, 0.29) is 18.5 Å². The lowest BCUT2D eigenvalue weighted by Crippen LogP contribution is -2.42. The first-order valence-corrected chi connectivity index (χ1v) is 5.88. The summed E-state index contributed by atoms with van der Waals surface area (Å²) in [6.07, 6.45) is 1.36. The van der Waals surface area contributed by atoms with Gasteiger partial charge < -0.3 is 10.0 Å². The fraction of sp³-hybridized carbons (Fsp3) is 0.556. The molecule has 1 heterocycles. The lowest BCUT2D eigenvalue weighted by Gasteiger charge is -2.26. The van der Waals surface area contributed by atoms with Crippen LogP contribution in [0.3, 0.4) is 0 Å². The summed E-state index contributed by atoms with van der Waals surface area (Å²) in [5, 5.41) is 15.4. The maximum atomic E-state index is 11.8. The Bertz CT molecular complexity index is 382. The minimum absolute atomic E-state index is 0.0812. The minimum atomic E-state index is -0.928. The third-order valence-corrected chi connectivity index (χ3v) is 2.78. The first kappa shape index (κ1) is 13.4. The molecule has 7 nitrogen and oxygen atoms in total. The van der Waals surface area contributed by atoms with Crippen LogP contribution >= 0.6 is 11.5 Å². The Morgan fingerprint density at radius 1 is 1.65 bits per heavy atom. The van der Waals surface area contributed by atoms with Crippen LogP contribution in [0.15, 0.2) is 6.20 Å². The molecule has 2 N–H and O–H groups in total. The fourth-order valence-corrected chi connectivity index (χ4v) is 1.83. The van der Waals surface area contributed by atoms with Crippen LogP contribution < -0.4 is 5.32 Å². The molecule has 0 aliphatic carbocycles. The molecule has 17 heavy (non-hydrogen) atoms. The average molecular weight is 258 g/mol. The van der Waals surface area contributed by atoms with Gasteiger partial charge in [0.15, 0.2) is 0 Å². The first-order valence-electron chi connectivity index (χ1n) is 5.11. The van der Waals surface area contributed by atoms with Crippen molar-refractivity contribution in [3.8, 4) is 0 Å². The predicted molar refractivity (Wildman–Crippen MR) is 63.0 cm³/mol. The molecule has 1 atom stereocenters. The first-order chi connectivity index (χ1) is 8.04. The van der Waals surface area contributed by atoms with Crippen LogP contribution in [0.5, 0.6) is 0 Å². The summed E-state index contributed by atoms with van der Waals surface area (Å²) >= 11 is 1.07. The second kappa shape index (κ2) is 6.14. The van der Waals surface area contributed by atoms with Crippen LogP contribution in [0, 0.1) is 0 Å². The summed E-state index contributed by atoms with van der Waals surface area (Å²) in [5.74, 6) is -0.928. The molecule has 0 bridgehead atoms. The van der Waals surface area contributed by atoms with Gasteiger partial charge in [-0.3, -0.25) is 10.1 Å². The van der Waals surface area contributed by atoms with Crippen molar-refractivity contribution in [2.75, 3.05) is 11.9 Å². The van der Waals surface area contributed by atoms with Gasteiger partial charge in [0.05, 0.1) is 12.6 Å². The van der Waals surface area contributed by atoms with E-state index in [1.807, 2.05) is 0 Å². The largest absolute Gasteiger partial charge is 0.481 e. The normalized spacial score (nSPS) is 11.9. The number of urea groups is 1. The van der Waals surface area contributed by atoms with E-state index in [2.05, 4.69) is 14.9 Å². The summed E-state index contributed by atoms with van der Waals surface area (Å²) < 4.78 is 3.62. The summed E-state index contributed by atoms with van der Waals surface area (Å²) in [6, 6.07) is -0.703. The molecular formula is C9H14N4O3S. The molecule has 1 aromatic heterocycles. The molecule has 0 aromatic carbocycles. The molecular weight excluding hydrogens is 244 g/mol. The van der Waals surface area contributed by atoms with Crippen molar-refractivity contribution in [3.63, 3.8) is 0 Å². The summed E-state index contributed by atoms with van der Waals surface area (Å²) in [4.78, 5) is 23.9. The van der Waals surface area contributed by atoms with E-state index in [4.69, 9.17) is 5.11 Å². The Kier molecular flexibility index (Phi) is 4.83. The maximum absolute atomic E-state index is 11.8. The van der Waals surface area contributed by atoms with E-state index >= 15 is 0 Å². The lowest BCUT2D eigenvalue weighted by atomic mass is 10.2. The number of hydrogen-bond acceptors (Lipinski definition) is 5. The van der Waals surface area contributed by atoms with Crippen LogP contribution in [0.1, 0.15) is 20.3 Å². The quantitative estimate of drug-likeness (QED) is 0.828. The molecule has 94 valence electrons. The van der Waals surface area contributed by atoms with Crippen LogP contribution in [-0.2, 0) is 4.79 Å². The van der Waals surface area contributed by atoms with E-state index < -0.39 is 5.97 Å². The molecule has 2 amide bonds. The number of carbonyl (C=O) groups is 2. The number of carbonyl (C=O) groups excluding carboxylic acids is 1. The highest BCUT2D eigenvalue weighted by atomic mass is 32.1. The van der Waals surface area contributed by atoms with Crippen molar-refractivity contribution in [1.82, 2.24) is 14.5 Å². The highest BCUT2D eigenvalue weighted by Gasteiger charge is 2.21. The Morgan fingerprint density at radius 2 is 2.35 bits per heavy atom. The zero-order valence-corrected chi connectivity index (χ0v) is 10.4. The van der Waals surface area contributed by atoms with Gasteiger partial charge in [0.25, 0.3) is 0 Å². The van der Waals surface area contributed by atoms with Gasteiger partial charge in [0.2, 0.25) is 0 Å². The van der Waals surface area contributed by atoms with Gasteiger partial charge in [-0.15, -0.1) is 5.10 Å². The SMILES string of the molecule is CCN(C(=O)Nc1cnns1)C(C)CC(=O)O. The monoisotopic (exact) mass is 258 g/mol. The Morgan fingerprint density at radius 3 is 2.82 bits per heavy atom. The number of carboxylic acid groups (broad SMARTS) is 1. The van der Waals surface area contributed by atoms with Gasteiger partial charge in [-0.25, -0.2) is 4.79 Å². The lowest BCUT2D eigenvalue weighted by molar-refractivity contribution is -0.137. The van der Waals surface area contributed by atoms with Crippen LogP contribution in [0.4, 0.5) is 9.80 Å². The predicted octanol–water partition coefficient (Wildman–Crippen LogP) is 1.26. The Balaban J connectivity index is 2.60. The van der Waals surface area contributed by atoms with Gasteiger partial charge in [0.1, 0.15) is 5.00 Å². The summed E-state index contributed by atoms with van der Waals surface area (Å²) in [5.41, 5.74) is 0. The average Bonchev–Trinajstić information content (AvgIpc) is 2.70. The number of aromatic nitrogens is 2. The number of anilines is 1. The minimum Gasteiger partial charge on any atom is -0.481 e. The van der Waals surface area contributed by atoms with Crippen molar-refractivity contribution in [3.05, 3.63) is 6.20 Å². The molecule has 0 fully saturated rings. The molecule has 0 radical (unpaired) electrons. The molecule has 1 unspecified atom stereocenters. The van der Waals surface area contributed by atoms with Crippen molar-refractivity contribution in [2.45, 2.75) is 26.3 Å². The zero-order valence-electron chi connectivity index (χ0n) is 9.58. The van der Waals surface area contributed by atoms with Crippen molar-refractivity contribution in [2.24, 2.45) is 0 Å². The molecule has 0 saturated carbocycles. The third kappa shape index (κ3) is 3.99. The number of rotatable bonds is 5. The van der Waals surface area contributed by atoms with Crippen molar-refractivity contribution in [1.29, 1.82) is 0 Å². The number of carboxylic acids is 1. The zero-order chi connectivity index (χ0) is 12.8. The molecule has 1 rings (SSSR count). The van der Waals surface area contributed by atoms with Crippen LogP contribution in [-0.4, -0.2) is 44.2 Å². The molecule has 1 aromatic rings. The molecule has 0 aliphatic heterocycles. The van der Waals surface area contributed by atoms with Gasteiger partial charge in [-0.1, -0.05) is 4.49 Å². The van der Waals surface area contributed by atoms with E-state index in [0.29, 0.717) is 11.5 Å². The topological polar surface area (TPSA) is 95.4 Å². The molecule has 0 saturated heterocycles. The highest BCUT2D eigenvalue weighted by Crippen LogP contribution is 2.12. The fourth-order valence-electron chi connectivity index (χ4n) is 1.42. The van der Waals surface area contributed by atoms with Crippen LogP contribution in [0.2, 0.25) is 0 Å². The van der Waals surface area contributed by atoms with Gasteiger partial charge in [-0.05, 0) is 13.8 Å². The van der Waals surface area contributed by atoms with E-state index in [1.165, 1.54) is 11.1 Å². The second-order valence-electron chi connectivity index (χ2n) is 3.44. The highest BCUT2D eigenvalue weighted by molar-refractivity contribution is 7.10. The van der Waals surface area contributed by atoms with E-state index in [1.54, 1.807) is 13.8 Å². The second-order valence-corrected chi connectivity index (χ2v) is 4.23. The number of aliphatic carboxylic acids is 1. The smallest absolute Gasteiger partial charge is 0.322 e. The number of amides is 2. The van der Waals surface area contributed by atoms with E-state index in [0.717, 1.165) is 11.5 Å². The Hall–Kier alpha value is -1.70. The number of nitrogens with one attached hydrogen (secondary N) is 1. The van der Waals surface area contributed by atoms with Gasteiger partial charge in [-0.2, -0.15) is 0 Å². The van der Waals surface area contributed by atoms with E-state index in [9.17, 15) is 9.59 Å².